The molecule has 0 unspecified atom stereocenters. The molecule has 2 N–H and O–H groups in total. The number of nitrogens with zero attached hydrogens (tertiary/aromatic N) is 1. The first-order chi connectivity index (χ1) is 10.5. The number of anilines is 3. The predicted molar refractivity (Wildman–Crippen MR) is 91.8 cm³/mol. The van der Waals surface area contributed by atoms with Crippen LogP contribution in [0.1, 0.15) is 6.92 Å². The van der Waals surface area contributed by atoms with Gasteiger partial charge in [-0.25, -0.2) is 4.39 Å². The van der Waals surface area contributed by atoms with Gasteiger partial charge >= 0.3 is 0 Å². The number of halogens is 1. The Morgan fingerprint density at radius 2 is 1.45 bits per heavy atom. The molecule has 1 amide bonds. The molecule has 0 aromatic heterocycles. The van der Waals surface area contributed by atoms with E-state index in [-0.39, 0.29) is 11.7 Å². The van der Waals surface area contributed by atoms with E-state index >= 15 is 0 Å². The van der Waals surface area contributed by atoms with E-state index in [4.69, 9.17) is 12.2 Å². The van der Waals surface area contributed by atoms with Gasteiger partial charge in [-0.15, -0.1) is 0 Å². The van der Waals surface area contributed by atoms with Crippen LogP contribution in [0.3, 0.4) is 0 Å². The van der Waals surface area contributed by atoms with E-state index in [2.05, 4.69) is 10.6 Å². The molecule has 0 bridgehead atoms. The molecule has 22 heavy (non-hydrogen) atoms. The minimum absolute atomic E-state index is 0.0331. The minimum atomic E-state index is -0.297. The number of rotatable bonds is 3. The van der Waals surface area contributed by atoms with Crippen LogP contribution in [-0.4, -0.2) is 18.1 Å². The van der Waals surface area contributed by atoms with E-state index in [1.54, 1.807) is 24.1 Å². The molecule has 0 saturated heterocycles. The quantitative estimate of drug-likeness (QED) is 0.849. The molecule has 0 fully saturated rings. The molecule has 0 saturated carbocycles. The normalized spacial score (nSPS) is 9.95. The number of thiocarbonyl (C=S) groups is 1. The highest BCUT2D eigenvalue weighted by Gasteiger charge is 2.05. The van der Waals surface area contributed by atoms with Crippen LogP contribution in [0, 0.1) is 5.82 Å². The predicted octanol–water partition coefficient (Wildman–Crippen LogP) is 3.62. The number of amides is 1. The second-order valence-corrected chi connectivity index (χ2v) is 5.12. The van der Waals surface area contributed by atoms with Crippen LogP contribution in [0.25, 0.3) is 0 Å². The average Bonchev–Trinajstić information content (AvgIpc) is 2.49. The Labute approximate surface area is 133 Å². The first kappa shape index (κ1) is 15.9. The van der Waals surface area contributed by atoms with Gasteiger partial charge < -0.3 is 15.5 Å². The van der Waals surface area contributed by atoms with Crippen molar-refractivity contribution < 1.29 is 9.18 Å². The highest BCUT2D eigenvalue weighted by molar-refractivity contribution is 7.80. The topological polar surface area (TPSA) is 44.4 Å². The van der Waals surface area contributed by atoms with Crippen LogP contribution in [0.4, 0.5) is 21.5 Å². The van der Waals surface area contributed by atoms with E-state index in [0.717, 1.165) is 11.4 Å². The maximum atomic E-state index is 12.8. The van der Waals surface area contributed by atoms with Gasteiger partial charge in [0.25, 0.3) is 0 Å². The van der Waals surface area contributed by atoms with Crippen molar-refractivity contribution in [2.45, 2.75) is 6.92 Å². The summed E-state index contributed by atoms with van der Waals surface area (Å²) in [5.74, 6) is -0.330. The van der Waals surface area contributed by atoms with E-state index < -0.39 is 0 Å². The van der Waals surface area contributed by atoms with Crippen molar-refractivity contribution >= 4 is 40.3 Å². The molecule has 0 radical (unpaired) electrons. The minimum Gasteiger partial charge on any atom is -0.332 e. The van der Waals surface area contributed by atoms with Gasteiger partial charge in [0.2, 0.25) is 5.91 Å². The van der Waals surface area contributed by atoms with Crippen molar-refractivity contribution in [2.24, 2.45) is 0 Å². The van der Waals surface area contributed by atoms with Gasteiger partial charge in [0.15, 0.2) is 5.11 Å². The Kier molecular flexibility index (Phi) is 5.06. The summed E-state index contributed by atoms with van der Waals surface area (Å²) in [5.41, 5.74) is 2.29. The first-order valence-electron chi connectivity index (χ1n) is 6.63. The lowest BCUT2D eigenvalue weighted by Gasteiger charge is -2.16. The van der Waals surface area contributed by atoms with Gasteiger partial charge in [-0.05, 0) is 60.7 Å². The fourth-order valence-electron chi connectivity index (χ4n) is 1.78. The third-order valence-corrected chi connectivity index (χ3v) is 3.29. The summed E-state index contributed by atoms with van der Waals surface area (Å²) in [6.07, 6.45) is 0. The number of nitrogens with one attached hydrogen (secondary N) is 2. The summed E-state index contributed by atoms with van der Waals surface area (Å²) < 4.78 is 12.8. The van der Waals surface area contributed by atoms with E-state index in [1.165, 1.54) is 19.1 Å². The molecule has 2 aromatic rings. The first-order valence-corrected chi connectivity index (χ1v) is 7.04. The number of hydrogen-bond donors (Lipinski definition) is 2. The summed E-state index contributed by atoms with van der Waals surface area (Å²) >= 11 is 5.20. The zero-order valence-electron chi connectivity index (χ0n) is 12.3. The van der Waals surface area contributed by atoms with Gasteiger partial charge in [0.1, 0.15) is 5.82 Å². The Hall–Kier alpha value is -2.47. The van der Waals surface area contributed by atoms with Gasteiger partial charge in [0, 0.05) is 31.0 Å². The standard InChI is InChI=1S/C16H16FN3OS/c1-11(21)20(2)15-9-7-14(8-10-15)19-16(22)18-13-5-3-12(17)4-6-13/h3-10H,1-2H3,(H2,18,19,22). The maximum absolute atomic E-state index is 12.8. The summed E-state index contributed by atoms with van der Waals surface area (Å²) in [5, 5.41) is 6.39. The summed E-state index contributed by atoms with van der Waals surface area (Å²) in [7, 11) is 1.71. The number of benzene rings is 2. The van der Waals surface area contributed by atoms with Crippen LogP contribution in [0.5, 0.6) is 0 Å². The van der Waals surface area contributed by atoms with Crippen LogP contribution in [0.15, 0.2) is 48.5 Å². The van der Waals surface area contributed by atoms with Crippen molar-refractivity contribution in [1.29, 1.82) is 0 Å². The Morgan fingerprint density at radius 3 is 1.91 bits per heavy atom. The maximum Gasteiger partial charge on any atom is 0.223 e. The third kappa shape index (κ3) is 4.26. The van der Waals surface area contributed by atoms with Crippen LogP contribution in [-0.2, 0) is 4.79 Å². The second kappa shape index (κ2) is 7.00. The lowest BCUT2D eigenvalue weighted by Crippen LogP contribution is -2.23. The molecule has 0 aliphatic carbocycles. The highest BCUT2D eigenvalue weighted by atomic mass is 32.1. The van der Waals surface area contributed by atoms with E-state index in [1.807, 2.05) is 24.3 Å². The van der Waals surface area contributed by atoms with Gasteiger partial charge in [-0.1, -0.05) is 0 Å². The van der Waals surface area contributed by atoms with Crippen LogP contribution < -0.4 is 15.5 Å². The lowest BCUT2D eigenvalue weighted by atomic mass is 10.2. The smallest absolute Gasteiger partial charge is 0.223 e. The monoisotopic (exact) mass is 317 g/mol. The lowest BCUT2D eigenvalue weighted by molar-refractivity contribution is -0.116. The molecule has 2 aromatic carbocycles. The van der Waals surface area contributed by atoms with Crippen molar-refractivity contribution in [2.75, 3.05) is 22.6 Å². The molecular weight excluding hydrogens is 301 g/mol. The van der Waals surface area contributed by atoms with Crippen molar-refractivity contribution in [1.82, 2.24) is 0 Å². The SMILES string of the molecule is CC(=O)N(C)c1ccc(NC(=S)Nc2ccc(F)cc2)cc1. The summed E-state index contributed by atoms with van der Waals surface area (Å²) in [4.78, 5) is 12.8. The molecule has 0 atom stereocenters. The molecule has 0 heterocycles. The molecule has 0 aliphatic heterocycles. The highest BCUT2D eigenvalue weighted by Crippen LogP contribution is 2.17. The zero-order chi connectivity index (χ0) is 16.1. The second-order valence-electron chi connectivity index (χ2n) is 4.71. The summed E-state index contributed by atoms with van der Waals surface area (Å²) in [6.45, 7) is 1.51. The van der Waals surface area contributed by atoms with Crippen LogP contribution in [0.2, 0.25) is 0 Å². The van der Waals surface area contributed by atoms with Gasteiger partial charge in [-0.2, -0.15) is 0 Å². The fraction of sp³-hybridized carbons (Fsp3) is 0.125. The van der Waals surface area contributed by atoms with E-state index in [0.29, 0.717) is 10.8 Å². The number of carbonyl (C=O) groups excluding carboxylic acids is 1. The van der Waals surface area contributed by atoms with Crippen molar-refractivity contribution in [3.8, 4) is 0 Å². The van der Waals surface area contributed by atoms with Crippen LogP contribution >= 0.6 is 12.2 Å². The fourth-order valence-corrected chi connectivity index (χ4v) is 2.01. The molecule has 6 heteroatoms. The molecule has 114 valence electrons. The Balaban J connectivity index is 1.97. The van der Waals surface area contributed by atoms with Crippen molar-refractivity contribution in [3.63, 3.8) is 0 Å². The van der Waals surface area contributed by atoms with Gasteiger partial charge in [0.05, 0.1) is 0 Å². The largest absolute Gasteiger partial charge is 0.332 e. The zero-order valence-corrected chi connectivity index (χ0v) is 13.1. The van der Waals surface area contributed by atoms with E-state index in [9.17, 15) is 9.18 Å². The average molecular weight is 317 g/mol. The van der Waals surface area contributed by atoms with Gasteiger partial charge in [-0.3, -0.25) is 4.79 Å². The Morgan fingerprint density at radius 1 is 1.00 bits per heavy atom. The molecule has 0 aliphatic rings. The summed E-state index contributed by atoms with van der Waals surface area (Å²) in [6, 6.07) is 13.2. The molecular formula is C16H16FN3OS. The Bertz CT molecular complexity index is 671. The van der Waals surface area contributed by atoms with Crippen molar-refractivity contribution in [3.05, 3.63) is 54.3 Å². The third-order valence-electron chi connectivity index (χ3n) is 3.09. The molecule has 2 rings (SSSR count). The number of carbonyl (C=O) groups is 1. The molecule has 0 spiro atoms. The molecule has 4 nitrogen and oxygen atoms in total. The number of hydrogen-bond acceptors (Lipinski definition) is 2.